The minimum absolute atomic E-state index is 0.00269. The molecule has 0 fully saturated rings. The molecular weight excluding hydrogens is 318 g/mol. The van der Waals surface area contributed by atoms with Gasteiger partial charge in [0, 0.05) is 17.7 Å². The van der Waals surface area contributed by atoms with Gasteiger partial charge in [-0.25, -0.2) is 0 Å². The topological polar surface area (TPSA) is 77.0 Å². The number of carbonyl (C=O) groups is 1. The number of nitro groups is 1. The lowest BCUT2D eigenvalue weighted by molar-refractivity contribution is -0.690. The average Bonchev–Trinajstić information content (AvgIpc) is 2.64. The van der Waals surface area contributed by atoms with Gasteiger partial charge >= 0.3 is 0 Å². The van der Waals surface area contributed by atoms with Crippen LogP contribution in [0.15, 0.2) is 73.2 Å². The Morgan fingerprint density at radius 2 is 1.92 bits per heavy atom. The van der Waals surface area contributed by atoms with E-state index in [0.717, 1.165) is 11.3 Å². The predicted octanol–water partition coefficient (Wildman–Crippen LogP) is 2.75. The molecule has 3 rings (SSSR count). The Balaban J connectivity index is 1.83. The van der Waals surface area contributed by atoms with Crippen LogP contribution in [0.25, 0.3) is 0 Å². The molecule has 0 aliphatic carbocycles. The molecule has 0 bridgehead atoms. The lowest BCUT2D eigenvalue weighted by Gasteiger charge is -2.04. The Hall–Kier alpha value is -3.41. The molecule has 25 heavy (non-hydrogen) atoms. The molecule has 0 N–H and O–H groups in total. The lowest BCUT2D eigenvalue weighted by Crippen LogP contribution is -2.42. The first kappa shape index (κ1) is 16.4. The number of rotatable bonds is 6. The Morgan fingerprint density at radius 1 is 1.12 bits per heavy atom. The van der Waals surface area contributed by atoms with Crippen LogP contribution in [0, 0.1) is 10.1 Å². The standard InChI is InChI=1S/C19H16N3O3/c23-19(16-6-2-1-3-7-16)14-21-10-9-20-13-18(21)12-15-5-4-8-17(11-15)22(24)25/h1-11,13H,12,14H2/q+1. The molecule has 0 amide bonds. The Bertz CT molecular complexity index is 911. The van der Waals surface area contributed by atoms with Gasteiger partial charge in [0.25, 0.3) is 5.69 Å². The Labute approximate surface area is 144 Å². The maximum atomic E-state index is 12.4. The van der Waals surface area contributed by atoms with Crippen molar-refractivity contribution in [3.05, 3.63) is 100 Å². The monoisotopic (exact) mass is 334 g/mol. The van der Waals surface area contributed by atoms with Gasteiger partial charge in [-0.15, -0.1) is 0 Å². The molecule has 0 saturated heterocycles. The molecule has 3 aromatic rings. The third kappa shape index (κ3) is 4.11. The van der Waals surface area contributed by atoms with Crippen molar-refractivity contribution in [2.24, 2.45) is 0 Å². The van der Waals surface area contributed by atoms with Crippen molar-refractivity contribution in [1.82, 2.24) is 4.98 Å². The van der Waals surface area contributed by atoms with Crippen molar-refractivity contribution in [3.8, 4) is 0 Å². The zero-order valence-electron chi connectivity index (χ0n) is 13.4. The molecular formula is C19H16N3O3+. The summed E-state index contributed by atoms with van der Waals surface area (Å²) in [6.45, 7) is 0.191. The van der Waals surface area contributed by atoms with Gasteiger partial charge in [-0.2, -0.15) is 4.57 Å². The van der Waals surface area contributed by atoms with Gasteiger partial charge in [0.2, 0.25) is 18.0 Å². The maximum absolute atomic E-state index is 12.4. The number of Topliss-reactive ketones (excluding diaryl/α,β-unsaturated/α-hetero) is 1. The summed E-state index contributed by atoms with van der Waals surface area (Å²) in [4.78, 5) is 27.0. The highest BCUT2D eigenvalue weighted by molar-refractivity contribution is 5.94. The number of ketones is 1. The summed E-state index contributed by atoms with van der Waals surface area (Å²) in [5, 5.41) is 10.9. The SMILES string of the molecule is O=C(C[n+]1ccncc1Cc1cccc([N+](=O)[O-])c1)c1ccccc1. The van der Waals surface area contributed by atoms with Gasteiger partial charge < -0.3 is 0 Å². The first-order valence-corrected chi connectivity index (χ1v) is 7.77. The number of non-ortho nitro benzene ring substituents is 1. The van der Waals surface area contributed by atoms with Crippen LogP contribution < -0.4 is 4.57 Å². The van der Waals surface area contributed by atoms with Gasteiger partial charge in [-0.3, -0.25) is 19.9 Å². The van der Waals surface area contributed by atoms with E-state index in [0.29, 0.717) is 12.0 Å². The largest absolute Gasteiger partial charge is 0.287 e. The maximum Gasteiger partial charge on any atom is 0.269 e. The first-order chi connectivity index (χ1) is 12.1. The van der Waals surface area contributed by atoms with E-state index in [1.165, 1.54) is 12.1 Å². The van der Waals surface area contributed by atoms with Crippen molar-refractivity contribution in [1.29, 1.82) is 0 Å². The number of carbonyl (C=O) groups excluding carboxylic acids is 1. The molecule has 1 heterocycles. The second-order valence-electron chi connectivity index (χ2n) is 5.59. The summed E-state index contributed by atoms with van der Waals surface area (Å²) >= 11 is 0. The fourth-order valence-corrected chi connectivity index (χ4v) is 2.58. The van der Waals surface area contributed by atoms with Gasteiger partial charge in [0.05, 0.1) is 23.7 Å². The highest BCUT2D eigenvalue weighted by Gasteiger charge is 2.17. The number of nitro benzene ring substituents is 1. The lowest BCUT2D eigenvalue weighted by atomic mass is 10.1. The van der Waals surface area contributed by atoms with E-state index in [-0.39, 0.29) is 18.0 Å². The average molecular weight is 334 g/mol. The highest BCUT2D eigenvalue weighted by atomic mass is 16.6. The van der Waals surface area contributed by atoms with E-state index >= 15 is 0 Å². The molecule has 0 spiro atoms. The molecule has 0 radical (unpaired) electrons. The Kier molecular flexibility index (Phi) is 4.89. The second kappa shape index (κ2) is 7.44. The number of aromatic nitrogens is 2. The van der Waals surface area contributed by atoms with Gasteiger partial charge in [0.15, 0.2) is 6.20 Å². The minimum Gasteiger partial charge on any atom is -0.287 e. The minimum atomic E-state index is -0.417. The smallest absolute Gasteiger partial charge is 0.269 e. The number of hydrogen-bond donors (Lipinski definition) is 0. The zero-order chi connectivity index (χ0) is 17.6. The first-order valence-electron chi connectivity index (χ1n) is 7.77. The van der Waals surface area contributed by atoms with Gasteiger partial charge in [0.1, 0.15) is 0 Å². The number of hydrogen-bond acceptors (Lipinski definition) is 4. The molecule has 6 heteroatoms. The van der Waals surface area contributed by atoms with Crippen molar-refractivity contribution in [2.75, 3.05) is 0 Å². The van der Waals surface area contributed by atoms with Gasteiger partial charge in [-0.1, -0.05) is 42.5 Å². The molecule has 0 aliphatic rings. The molecule has 6 nitrogen and oxygen atoms in total. The van der Waals surface area contributed by atoms with Crippen molar-refractivity contribution in [3.63, 3.8) is 0 Å². The highest BCUT2D eigenvalue weighted by Crippen LogP contribution is 2.15. The van der Waals surface area contributed by atoms with E-state index in [9.17, 15) is 14.9 Å². The number of nitrogens with zero attached hydrogens (tertiary/aromatic N) is 3. The summed E-state index contributed by atoms with van der Waals surface area (Å²) in [5.41, 5.74) is 2.30. The molecule has 124 valence electrons. The fraction of sp³-hybridized carbons (Fsp3) is 0.105. The molecule has 0 unspecified atom stereocenters. The Morgan fingerprint density at radius 3 is 2.68 bits per heavy atom. The summed E-state index contributed by atoms with van der Waals surface area (Å²) in [6.07, 6.45) is 5.50. The van der Waals surface area contributed by atoms with E-state index in [1.54, 1.807) is 36.8 Å². The van der Waals surface area contributed by atoms with E-state index in [1.807, 2.05) is 28.8 Å². The fourth-order valence-electron chi connectivity index (χ4n) is 2.58. The van der Waals surface area contributed by atoms with Crippen molar-refractivity contribution < 1.29 is 14.3 Å². The van der Waals surface area contributed by atoms with Crippen molar-refractivity contribution in [2.45, 2.75) is 13.0 Å². The quantitative estimate of drug-likeness (QED) is 0.301. The normalized spacial score (nSPS) is 10.4. The van der Waals surface area contributed by atoms with E-state index < -0.39 is 4.92 Å². The van der Waals surface area contributed by atoms with Crippen LogP contribution in [-0.4, -0.2) is 15.7 Å². The zero-order valence-corrected chi connectivity index (χ0v) is 13.4. The predicted molar refractivity (Wildman–Crippen MR) is 91.1 cm³/mol. The molecule has 1 aromatic heterocycles. The number of benzene rings is 2. The summed E-state index contributed by atoms with van der Waals surface area (Å²) in [5.74, 6) is -0.00269. The molecule has 0 atom stereocenters. The van der Waals surface area contributed by atoms with Gasteiger partial charge in [-0.05, 0) is 5.56 Å². The summed E-state index contributed by atoms with van der Waals surface area (Å²) in [6, 6.07) is 15.6. The van der Waals surface area contributed by atoms with Crippen LogP contribution in [0.5, 0.6) is 0 Å². The third-order valence-electron chi connectivity index (χ3n) is 3.84. The molecule has 0 aliphatic heterocycles. The summed E-state index contributed by atoms with van der Waals surface area (Å²) in [7, 11) is 0. The van der Waals surface area contributed by atoms with Crippen LogP contribution in [-0.2, 0) is 13.0 Å². The van der Waals surface area contributed by atoms with Crippen LogP contribution in [0.4, 0.5) is 5.69 Å². The molecule has 0 saturated carbocycles. The third-order valence-corrected chi connectivity index (χ3v) is 3.84. The van der Waals surface area contributed by atoms with Crippen LogP contribution in [0.2, 0.25) is 0 Å². The molecule has 2 aromatic carbocycles. The van der Waals surface area contributed by atoms with E-state index in [2.05, 4.69) is 4.98 Å². The van der Waals surface area contributed by atoms with Crippen molar-refractivity contribution >= 4 is 11.5 Å². The second-order valence-corrected chi connectivity index (χ2v) is 5.59. The van der Waals surface area contributed by atoms with E-state index in [4.69, 9.17) is 0 Å². The van der Waals surface area contributed by atoms with Crippen LogP contribution in [0.1, 0.15) is 21.6 Å². The summed E-state index contributed by atoms with van der Waals surface area (Å²) < 4.78 is 1.82. The van der Waals surface area contributed by atoms with Crippen LogP contribution >= 0.6 is 0 Å². The van der Waals surface area contributed by atoms with Crippen LogP contribution in [0.3, 0.4) is 0 Å².